The van der Waals surface area contributed by atoms with Gasteiger partial charge in [0.25, 0.3) is 0 Å². The lowest BCUT2D eigenvalue weighted by atomic mass is 10.2. The van der Waals surface area contributed by atoms with E-state index in [0.717, 1.165) is 25.2 Å². The summed E-state index contributed by atoms with van der Waals surface area (Å²) in [5, 5.41) is 3.62. The Hall–Kier alpha value is -1.09. The number of nitrogens with one attached hydrogen (secondary N) is 1. The molecule has 1 aromatic heterocycles. The molecule has 3 heteroatoms. The van der Waals surface area contributed by atoms with Crippen LogP contribution in [0.2, 0.25) is 0 Å². The lowest BCUT2D eigenvalue weighted by Crippen LogP contribution is -2.28. The van der Waals surface area contributed by atoms with Gasteiger partial charge < -0.3 is 10.2 Å². The molecule has 0 unspecified atom stereocenters. The average molecular weight is 245 g/mol. The van der Waals surface area contributed by atoms with E-state index in [1.807, 2.05) is 6.20 Å². The molecule has 2 fully saturated rings. The summed E-state index contributed by atoms with van der Waals surface area (Å²) in [4.78, 5) is 6.90. The van der Waals surface area contributed by atoms with Crippen LogP contribution in [-0.4, -0.2) is 23.6 Å². The maximum Gasteiger partial charge on any atom is 0.0600 e. The first kappa shape index (κ1) is 12.0. The van der Waals surface area contributed by atoms with E-state index in [2.05, 4.69) is 34.4 Å². The highest BCUT2D eigenvalue weighted by atomic mass is 15.2. The minimum atomic E-state index is 0.770. The molecule has 0 atom stereocenters. The van der Waals surface area contributed by atoms with Gasteiger partial charge >= 0.3 is 0 Å². The van der Waals surface area contributed by atoms with E-state index in [-0.39, 0.29) is 0 Å². The molecule has 2 saturated carbocycles. The van der Waals surface area contributed by atoms with Crippen LogP contribution in [0.5, 0.6) is 0 Å². The van der Waals surface area contributed by atoms with Gasteiger partial charge in [-0.05, 0) is 43.7 Å². The van der Waals surface area contributed by atoms with E-state index >= 15 is 0 Å². The van der Waals surface area contributed by atoms with Crippen LogP contribution in [0.25, 0.3) is 0 Å². The molecule has 0 amide bonds. The van der Waals surface area contributed by atoms with Crippen LogP contribution in [0.1, 0.15) is 44.6 Å². The van der Waals surface area contributed by atoms with Crippen LogP contribution < -0.4 is 10.2 Å². The Morgan fingerprint density at radius 3 is 2.83 bits per heavy atom. The molecule has 2 aliphatic rings. The number of rotatable bonds is 7. The quantitative estimate of drug-likeness (QED) is 0.800. The summed E-state index contributed by atoms with van der Waals surface area (Å²) in [7, 11) is 0. The van der Waals surface area contributed by atoms with Gasteiger partial charge in [-0.3, -0.25) is 4.98 Å². The van der Waals surface area contributed by atoms with Crippen LogP contribution in [0.3, 0.4) is 0 Å². The van der Waals surface area contributed by atoms with Crippen molar-refractivity contribution in [3.63, 3.8) is 0 Å². The minimum Gasteiger partial charge on any atom is -0.367 e. The number of hydrogen-bond acceptors (Lipinski definition) is 3. The summed E-state index contributed by atoms with van der Waals surface area (Å²) in [6, 6.07) is 3.72. The van der Waals surface area contributed by atoms with Gasteiger partial charge in [-0.1, -0.05) is 6.92 Å². The molecule has 18 heavy (non-hydrogen) atoms. The number of hydrogen-bond donors (Lipinski definition) is 1. The van der Waals surface area contributed by atoms with Crippen molar-refractivity contribution >= 4 is 5.69 Å². The molecule has 3 rings (SSSR count). The van der Waals surface area contributed by atoms with Crippen LogP contribution in [0.15, 0.2) is 18.5 Å². The van der Waals surface area contributed by atoms with Crippen molar-refractivity contribution in [2.45, 2.75) is 57.7 Å². The second kappa shape index (κ2) is 5.27. The molecule has 0 spiro atoms. The molecule has 1 N–H and O–H groups in total. The number of aromatic nitrogens is 1. The smallest absolute Gasteiger partial charge is 0.0600 e. The predicted molar refractivity (Wildman–Crippen MR) is 74.8 cm³/mol. The van der Waals surface area contributed by atoms with E-state index < -0.39 is 0 Å². The molecular weight excluding hydrogens is 222 g/mol. The third-order valence-electron chi connectivity index (χ3n) is 3.81. The molecule has 1 heterocycles. The predicted octanol–water partition coefficient (Wildman–Crippen LogP) is 2.71. The largest absolute Gasteiger partial charge is 0.367 e. The normalized spacial score (nSPS) is 18.9. The molecule has 0 saturated heterocycles. The van der Waals surface area contributed by atoms with E-state index in [1.165, 1.54) is 43.4 Å². The third-order valence-corrected chi connectivity index (χ3v) is 3.81. The van der Waals surface area contributed by atoms with Gasteiger partial charge in [0, 0.05) is 31.4 Å². The Kier molecular flexibility index (Phi) is 3.50. The minimum absolute atomic E-state index is 0.770. The first-order valence-electron chi connectivity index (χ1n) is 7.31. The second-order valence-electron chi connectivity index (χ2n) is 5.58. The lowest BCUT2D eigenvalue weighted by molar-refractivity contribution is 0.678. The molecule has 3 nitrogen and oxygen atoms in total. The van der Waals surface area contributed by atoms with Gasteiger partial charge in [-0.25, -0.2) is 0 Å². The Balaban J connectivity index is 1.74. The zero-order valence-corrected chi connectivity index (χ0v) is 11.2. The number of nitrogens with zero attached hydrogens (tertiary/aromatic N) is 2. The Morgan fingerprint density at radius 2 is 2.17 bits per heavy atom. The molecule has 0 aliphatic heterocycles. The van der Waals surface area contributed by atoms with Crippen LogP contribution >= 0.6 is 0 Å². The molecule has 98 valence electrons. The topological polar surface area (TPSA) is 28.2 Å². The molecule has 1 aromatic rings. The Bertz CT molecular complexity index is 396. The van der Waals surface area contributed by atoms with Crippen molar-refractivity contribution in [2.75, 3.05) is 11.4 Å². The van der Waals surface area contributed by atoms with E-state index in [1.54, 1.807) is 0 Å². The number of pyridine rings is 1. The highest BCUT2D eigenvalue weighted by Crippen LogP contribution is 2.33. The summed E-state index contributed by atoms with van der Waals surface area (Å²) in [6.45, 7) is 4.41. The zero-order chi connectivity index (χ0) is 12.4. The van der Waals surface area contributed by atoms with Gasteiger partial charge in [0.2, 0.25) is 0 Å². The van der Waals surface area contributed by atoms with Crippen LogP contribution in [-0.2, 0) is 6.54 Å². The summed E-state index contributed by atoms with van der Waals surface area (Å²) < 4.78 is 0. The van der Waals surface area contributed by atoms with E-state index in [4.69, 9.17) is 0 Å². The van der Waals surface area contributed by atoms with Crippen molar-refractivity contribution < 1.29 is 0 Å². The van der Waals surface area contributed by atoms with Gasteiger partial charge in [0.1, 0.15) is 0 Å². The van der Waals surface area contributed by atoms with Crippen molar-refractivity contribution in [1.29, 1.82) is 0 Å². The third kappa shape index (κ3) is 2.83. The first-order chi connectivity index (χ1) is 8.88. The van der Waals surface area contributed by atoms with Crippen LogP contribution in [0.4, 0.5) is 5.69 Å². The molecule has 2 aliphatic carbocycles. The molecular formula is C15H23N3. The standard InChI is InChI=1S/C15H23N3/c1-2-9-18(14-5-6-14)15-11-16-8-7-12(15)10-17-13-3-4-13/h7-8,11,13-14,17H,2-6,9-10H2,1H3. The summed E-state index contributed by atoms with van der Waals surface area (Å²) in [5.74, 6) is 0. The van der Waals surface area contributed by atoms with Gasteiger partial charge in [-0.2, -0.15) is 0 Å². The van der Waals surface area contributed by atoms with Crippen molar-refractivity contribution in [2.24, 2.45) is 0 Å². The Morgan fingerprint density at radius 1 is 1.33 bits per heavy atom. The van der Waals surface area contributed by atoms with Gasteiger partial charge in [0.05, 0.1) is 11.9 Å². The van der Waals surface area contributed by atoms with Gasteiger partial charge in [0.15, 0.2) is 0 Å². The lowest BCUT2D eigenvalue weighted by Gasteiger charge is -2.26. The zero-order valence-electron chi connectivity index (χ0n) is 11.2. The fourth-order valence-corrected chi connectivity index (χ4v) is 2.49. The summed E-state index contributed by atoms with van der Waals surface area (Å²) in [5.41, 5.74) is 2.77. The van der Waals surface area contributed by atoms with E-state index in [0.29, 0.717) is 0 Å². The van der Waals surface area contributed by atoms with Crippen molar-refractivity contribution in [3.05, 3.63) is 24.0 Å². The fourth-order valence-electron chi connectivity index (χ4n) is 2.49. The summed E-state index contributed by atoms with van der Waals surface area (Å²) >= 11 is 0. The fraction of sp³-hybridized carbons (Fsp3) is 0.667. The van der Waals surface area contributed by atoms with Crippen LogP contribution in [0, 0.1) is 0 Å². The van der Waals surface area contributed by atoms with Gasteiger partial charge in [-0.15, -0.1) is 0 Å². The first-order valence-corrected chi connectivity index (χ1v) is 7.31. The van der Waals surface area contributed by atoms with Crippen molar-refractivity contribution in [1.82, 2.24) is 10.3 Å². The highest BCUT2D eigenvalue weighted by Gasteiger charge is 2.30. The molecule has 0 aromatic carbocycles. The summed E-state index contributed by atoms with van der Waals surface area (Å²) in [6.07, 6.45) is 10.6. The average Bonchev–Trinajstić information content (AvgIpc) is 3.28. The SMILES string of the molecule is CCCN(c1cnccc1CNC1CC1)C1CC1. The highest BCUT2D eigenvalue weighted by molar-refractivity contribution is 5.53. The number of anilines is 1. The van der Waals surface area contributed by atoms with E-state index in [9.17, 15) is 0 Å². The maximum absolute atomic E-state index is 4.33. The Labute approximate surface area is 110 Å². The molecule has 0 bridgehead atoms. The monoisotopic (exact) mass is 245 g/mol. The van der Waals surface area contributed by atoms with Crippen molar-refractivity contribution in [3.8, 4) is 0 Å². The molecule has 0 radical (unpaired) electrons. The second-order valence-corrected chi connectivity index (χ2v) is 5.58. The maximum atomic E-state index is 4.33.